The number of hydrogen-bond acceptors (Lipinski definition) is 3. The van der Waals surface area contributed by atoms with Gasteiger partial charge in [0.2, 0.25) is 5.88 Å². The molecular formula is C15H21F3N2O. The maximum absolute atomic E-state index is 12.0. The summed E-state index contributed by atoms with van der Waals surface area (Å²) in [4.78, 5) is 3.90. The molecule has 3 atom stereocenters. The Morgan fingerprint density at radius 2 is 2.00 bits per heavy atom. The summed E-state index contributed by atoms with van der Waals surface area (Å²) in [6.07, 6.45) is 0.590. The van der Waals surface area contributed by atoms with E-state index in [0.29, 0.717) is 12.0 Å². The van der Waals surface area contributed by atoms with E-state index in [4.69, 9.17) is 0 Å². The first kappa shape index (κ1) is 15.9. The van der Waals surface area contributed by atoms with Crippen LogP contribution in [0.25, 0.3) is 0 Å². The van der Waals surface area contributed by atoms with Gasteiger partial charge in [0.05, 0.1) is 11.9 Å². The highest BCUT2D eigenvalue weighted by molar-refractivity contribution is 5.43. The molecule has 1 aromatic rings. The molecule has 21 heavy (non-hydrogen) atoms. The average Bonchev–Trinajstić information content (AvgIpc) is 2.41. The summed E-state index contributed by atoms with van der Waals surface area (Å²) in [6, 6.07) is 3.57. The highest BCUT2D eigenvalue weighted by atomic mass is 19.4. The Hall–Kier alpha value is -1.46. The van der Waals surface area contributed by atoms with Gasteiger partial charge in [-0.1, -0.05) is 13.8 Å². The molecule has 1 aliphatic carbocycles. The first-order valence-corrected chi connectivity index (χ1v) is 7.25. The van der Waals surface area contributed by atoms with Crippen LogP contribution in [0.4, 0.5) is 18.9 Å². The van der Waals surface area contributed by atoms with Gasteiger partial charge in [0.1, 0.15) is 0 Å². The number of pyridine rings is 1. The Labute approximate surface area is 122 Å². The Balaban J connectivity index is 1.85. The number of ether oxygens (including phenoxy) is 1. The molecule has 1 N–H and O–H groups in total. The first-order valence-electron chi connectivity index (χ1n) is 7.25. The normalized spacial score (nSPS) is 26.4. The molecule has 118 valence electrons. The molecule has 0 aromatic carbocycles. The van der Waals surface area contributed by atoms with Gasteiger partial charge in [-0.2, -0.15) is 13.2 Å². The van der Waals surface area contributed by atoms with E-state index in [1.165, 1.54) is 18.7 Å². The topological polar surface area (TPSA) is 34.1 Å². The quantitative estimate of drug-likeness (QED) is 0.902. The molecule has 1 saturated carbocycles. The van der Waals surface area contributed by atoms with Crippen molar-refractivity contribution >= 4 is 5.69 Å². The van der Waals surface area contributed by atoms with E-state index < -0.39 is 12.8 Å². The zero-order valence-electron chi connectivity index (χ0n) is 12.3. The molecule has 1 aromatic heterocycles. The number of nitrogens with zero attached hydrogens (tertiary/aromatic N) is 1. The van der Waals surface area contributed by atoms with Gasteiger partial charge in [0, 0.05) is 12.1 Å². The molecule has 1 aliphatic rings. The van der Waals surface area contributed by atoms with Crippen LogP contribution in [0.3, 0.4) is 0 Å². The van der Waals surface area contributed by atoms with Crippen molar-refractivity contribution in [3.8, 4) is 5.88 Å². The number of aromatic nitrogens is 1. The minimum Gasteiger partial charge on any atom is -0.468 e. The summed E-state index contributed by atoms with van der Waals surface area (Å²) in [5, 5.41) is 3.39. The minimum absolute atomic E-state index is 0.0106. The third-order valence-corrected chi connectivity index (χ3v) is 4.09. The fourth-order valence-corrected chi connectivity index (χ4v) is 2.62. The van der Waals surface area contributed by atoms with E-state index >= 15 is 0 Å². The van der Waals surface area contributed by atoms with Crippen LogP contribution in [0, 0.1) is 11.8 Å². The summed E-state index contributed by atoms with van der Waals surface area (Å²) < 4.78 is 40.7. The molecule has 3 unspecified atom stereocenters. The number of alkyl halides is 3. The lowest BCUT2D eigenvalue weighted by Gasteiger charge is -2.33. The maximum atomic E-state index is 12.0. The average molecular weight is 302 g/mol. The van der Waals surface area contributed by atoms with Gasteiger partial charge in [0.15, 0.2) is 6.61 Å². The van der Waals surface area contributed by atoms with Gasteiger partial charge in [-0.3, -0.25) is 0 Å². The Kier molecular flexibility index (Phi) is 4.96. The summed E-state index contributed by atoms with van der Waals surface area (Å²) in [5.74, 6) is 1.42. The van der Waals surface area contributed by atoms with Crippen LogP contribution in [0.5, 0.6) is 5.88 Å². The van der Waals surface area contributed by atoms with Crippen molar-refractivity contribution in [3.05, 3.63) is 18.3 Å². The fourth-order valence-electron chi connectivity index (χ4n) is 2.62. The number of halogens is 3. The lowest BCUT2D eigenvalue weighted by molar-refractivity contribution is -0.154. The van der Waals surface area contributed by atoms with Crippen LogP contribution in [0.2, 0.25) is 0 Å². The zero-order valence-corrected chi connectivity index (χ0v) is 12.3. The summed E-state index contributed by atoms with van der Waals surface area (Å²) in [5.41, 5.74) is 0.820. The lowest BCUT2D eigenvalue weighted by atomic mass is 9.79. The van der Waals surface area contributed by atoms with E-state index in [0.717, 1.165) is 24.4 Å². The first-order chi connectivity index (χ1) is 9.83. The van der Waals surface area contributed by atoms with Crippen LogP contribution in [0.15, 0.2) is 18.3 Å². The molecule has 1 heterocycles. The van der Waals surface area contributed by atoms with Crippen LogP contribution in [-0.2, 0) is 0 Å². The van der Waals surface area contributed by atoms with Gasteiger partial charge in [0.25, 0.3) is 0 Å². The summed E-state index contributed by atoms with van der Waals surface area (Å²) in [7, 11) is 0. The van der Waals surface area contributed by atoms with Crippen LogP contribution in [-0.4, -0.2) is 23.8 Å². The second-order valence-corrected chi connectivity index (χ2v) is 5.90. The molecule has 0 spiro atoms. The number of hydrogen-bond donors (Lipinski definition) is 1. The van der Waals surface area contributed by atoms with Crippen molar-refractivity contribution in [2.24, 2.45) is 11.8 Å². The summed E-state index contributed by atoms with van der Waals surface area (Å²) >= 11 is 0. The molecule has 0 saturated heterocycles. The predicted molar refractivity (Wildman–Crippen MR) is 75.4 cm³/mol. The zero-order chi connectivity index (χ0) is 15.5. The molecular weight excluding hydrogens is 281 g/mol. The Morgan fingerprint density at radius 3 is 2.57 bits per heavy atom. The van der Waals surface area contributed by atoms with Crippen LogP contribution < -0.4 is 10.1 Å². The molecule has 1 fully saturated rings. The molecule has 0 bridgehead atoms. The van der Waals surface area contributed by atoms with Gasteiger partial charge in [-0.25, -0.2) is 4.98 Å². The van der Waals surface area contributed by atoms with Crippen molar-refractivity contribution < 1.29 is 17.9 Å². The Morgan fingerprint density at radius 1 is 1.24 bits per heavy atom. The molecule has 3 nitrogen and oxygen atoms in total. The van der Waals surface area contributed by atoms with Gasteiger partial charge < -0.3 is 10.1 Å². The van der Waals surface area contributed by atoms with Crippen molar-refractivity contribution in [2.45, 2.75) is 45.3 Å². The van der Waals surface area contributed by atoms with E-state index in [1.54, 1.807) is 6.07 Å². The third kappa shape index (κ3) is 5.10. The van der Waals surface area contributed by atoms with Crippen molar-refractivity contribution in [2.75, 3.05) is 11.9 Å². The smallest absolute Gasteiger partial charge is 0.422 e. The Bertz CT molecular complexity index is 447. The van der Waals surface area contributed by atoms with Crippen molar-refractivity contribution in [1.29, 1.82) is 0 Å². The molecule has 6 heteroatoms. The van der Waals surface area contributed by atoms with Gasteiger partial charge >= 0.3 is 6.18 Å². The lowest BCUT2D eigenvalue weighted by Crippen LogP contribution is -2.30. The van der Waals surface area contributed by atoms with Gasteiger partial charge in [-0.05, 0) is 37.2 Å². The standard InChI is InChI=1S/C15H21F3N2O/c1-10-3-4-12(7-11(10)2)20-13-5-6-14(19-8-13)21-9-15(16,17)18/h5-6,8,10-12,20H,3-4,7,9H2,1-2H3. The second-order valence-electron chi connectivity index (χ2n) is 5.90. The monoisotopic (exact) mass is 302 g/mol. The molecule has 0 amide bonds. The fraction of sp³-hybridized carbons (Fsp3) is 0.667. The van der Waals surface area contributed by atoms with Crippen molar-refractivity contribution in [1.82, 2.24) is 4.98 Å². The largest absolute Gasteiger partial charge is 0.468 e. The molecule has 0 aliphatic heterocycles. The van der Waals surface area contributed by atoms with Gasteiger partial charge in [-0.15, -0.1) is 0 Å². The minimum atomic E-state index is -4.34. The molecule has 2 rings (SSSR count). The van der Waals surface area contributed by atoms with Crippen LogP contribution in [0.1, 0.15) is 33.1 Å². The maximum Gasteiger partial charge on any atom is 0.422 e. The van der Waals surface area contributed by atoms with E-state index in [1.807, 2.05) is 0 Å². The SMILES string of the molecule is CC1CCC(Nc2ccc(OCC(F)(F)F)nc2)CC1C. The van der Waals surface area contributed by atoms with E-state index in [-0.39, 0.29) is 5.88 Å². The van der Waals surface area contributed by atoms with E-state index in [2.05, 4.69) is 28.9 Å². The summed E-state index contributed by atoms with van der Waals surface area (Å²) in [6.45, 7) is 3.21. The number of anilines is 1. The number of nitrogens with one attached hydrogen (secondary N) is 1. The predicted octanol–water partition coefficient (Wildman–Crippen LogP) is 4.26. The van der Waals surface area contributed by atoms with Crippen molar-refractivity contribution in [3.63, 3.8) is 0 Å². The van der Waals surface area contributed by atoms with Crippen LogP contribution >= 0.6 is 0 Å². The third-order valence-electron chi connectivity index (χ3n) is 4.09. The second kappa shape index (κ2) is 6.54. The number of rotatable bonds is 4. The highest BCUT2D eigenvalue weighted by Crippen LogP contribution is 2.31. The van der Waals surface area contributed by atoms with E-state index in [9.17, 15) is 13.2 Å². The highest BCUT2D eigenvalue weighted by Gasteiger charge is 2.28. The molecule has 0 radical (unpaired) electrons.